The molecule has 11 atom stereocenters. The summed E-state index contributed by atoms with van der Waals surface area (Å²) in [5.41, 5.74) is -0.682. The van der Waals surface area contributed by atoms with Crippen molar-refractivity contribution in [1.29, 1.82) is 0 Å². The monoisotopic (exact) mass is 1110 g/mol. The van der Waals surface area contributed by atoms with Crippen molar-refractivity contribution in [1.82, 2.24) is 37.2 Å². The van der Waals surface area contributed by atoms with Crippen LogP contribution in [0.3, 0.4) is 0 Å². The Morgan fingerprint density at radius 3 is 1.96 bits per heavy atom. The van der Waals surface area contributed by atoms with Crippen molar-refractivity contribution in [3.05, 3.63) is 47.5 Å². The summed E-state index contributed by atoms with van der Waals surface area (Å²) in [6.45, 7) is 25.2. The molecule has 2 aliphatic carbocycles. The van der Waals surface area contributed by atoms with E-state index in [2.05, 4.69) is 64.1 Å². The molecule has 0 aromatic heterocycles. The second-order valence-electron chi connectivity index (χ2n) is 26.5. The number of allylic oxidation sites excluding steroid dienone is 1. The van der Waals surface area contributed by atoms with Crippen LogP contribution in [0.2, 0.25) is 0 Å². The molecule has 2 heterocycles. The molecule has 4 fully saturated rings. The van der Waals surface area contributed by atoms with Crippen LogP contribution < -0.4 is 37.2 Å². The fraction of sp³-hybridized carbons (Fsp3) is 0.750. The predicted molar refractivity (Wildman–Crippen MR) is 301 cm³/mol. The second kappa shape index (κ2) is 27.6. The van der Waals surface area contributed by atoms with Crippen LogP contribution in [0.5, 0.6) is 0 Å². The van der Waals surface area contributed by atoms with Crippen LogP contribution in [-0.2, 0) is 54.1 Å². The third-order valence-electron chi connectivity index (χ3n) is 16.1. The van der Waals surface area contributed by atoms with Gasteiger partial charge in [-0.3, -0.25) is 28.8 Å². The van der Waals surface area contributed by atoms with E-state index in [0.29, 0.717) is 45.1 Å². The van der Waals surface area contributed by atoms with Gasteiger partial charge in [-0.2, -0.15) is 0 Å². The minimum Gasteiger partial charge on any atom is -0.443 e. The van der Waals surface area contributed by atoms with Crippen LogP contribution in [0.1, 0.15) is 160 Å². The van der Waals surface area contributed by atoms with Crippen molar-refractivity contribution >= 4 is 41.5 Å². The van der Waals surface area contributed by atoms with Crippen LogP contribution in [0.25, 0.3) is 0 Å². The molecule has 444 valence electrons. The smallest absolute Gasteiger partial charge is 0.407 e. The zero-order chi connectivity index (χ0) is 58.7. The zero-order valence-electron chi connectivity index (χ0n) is 49.9. The van der Waals surface area contributed by atoms with Gasteiger partial charge in [0.05, 0.1) is 37.8 Å². The molecular weight excluding hydrogens is 1010 g/mol. The van der Waals surface area contributed by atoms with Crippen LogP contribution in [0, 0.1) is 34.0 Å². The first-order valence-corrected chi connectivity index (χ1v) is 28.8. The van der Waals surface area contributed by atoms with Gasteiger partial charge >= 0.3 is 6.09 Å². The number of amides is 7. The van der Waals surface area contributed by atoms with E-state index in [1.807, 2.05) is 92.6 Å². The molecule has 0 radical (unpaired) electrons. The SMILES string of the molecule is COC1C(OC(=O)NC2CCC(NC(=O)CNC(=O)[C@H](CC(C)C)NC(=O)[C@H](Cc3ccccc3)NC(=O)CNC(=O)C(CC(C)(CC(C)(C)C)C(=O)NCC(C)O)C(C)(C)C)CC2)CC[C@]2(CO2)C1[C@@]1(C)O[C@@H]1CC=C(C)C. The number of benzene rings is 1. The number of aliphatic hydroxyl groups excluding tert-OH is 1. The van der Waals surface area contributed by atoms with Gasteiger partial charge in [0.2, 0.25) is 35.4 Å². The van der Waals surface area contributed by atoms with Gasteiger partial charge in [-0.05, 0) is 114 Å². The maximum Gasteiger partial charge on any atom is 0.407 e. The van der Waals surface area contributed by atoms with Crippen molar-refractivity contribution in [3.8, 4) is 0 Å². The van der Waals surface area contributed by atoms with E-state index in [1.165, 1.54) is 5.57 Å². The highest BCUT2D eigenvalue weighted by Gasteiger charge is 2.72. The fourth-order valence-electron chi connectivity index (χ4n) is 12.0. The molecule has 2 saturated carbocycles. The first-order valence-electron chi connectivity index (χ1n) is 28.8. The normalized spacial score (nSPS) is 26.9. The number of hydrogen-bond acceptors (Lipinski definition) is 12. The highest BCUT2D eigenvalue weighted by atomic mass is 16.6. The number of nitrogens with one attached hydrogen (secondary N) is 7. The van der Waals surface area contributed by atoms with Crippen molar-refractivity contribution in [2.75, 3.05) is 33.4 Å². The number of aliphatic hydroxyl groups is 1. The molecule has 6 unspecified atom stereocenters. The lowest BCUT2D eigenvalue weighted by Crippen LogP contribution is -2.56. The number of hydrogen-bond donors (Lipinski definition) is 8. The third-order valence-corrected chi connectivity index (χ3v) is 16.1. The number of methoxy groups -OCH3 is 1. The maximum absolute atomic E-state index is 14.2. The largest absolute Gasteiger partial charge is 0.443 e. The molecule has 1 aromatic carbocycles. The van der Waals surface area contributed by atoms with Gasteiger partial charge in [-0.15, -0.1) is 0 Å². The summed E-state index contributed by atoms with van der Waals surface area (Å²) in [5, 5.41) is 29.9. The molecule has 19 nitrogen and oxygen atoms in total. The van der Waals surface area contributed by atoms with Crippen molar-refractivity contribution in [3.63, 3.8) is 0 Å². The summed E-state index contributed by atoms with van der Waals surface area (Å²) in [7, 11) is 1.65. The van der Waals surface area contributed by atoms with Gasteiger partial charge in [-0.1, -0.05) is 104 Å². The molecule has 5 rings (SSSR count). The molecular formula is C60H97N7O12. The Labute approximate surface area is 470 Å². The molecule has 1 aromatic rings. The number of carbonyl (C=O) groups is 7. The van der Waals surface area contributed by atoms with E-state index in [1.54, 1.807) is 14.0 Å². The van der Waals surface area contributed by atoms with Crippen molar-refractivity contribution in [2.24, 2.45) is 34.0 Å². The molecule has 19 heteroatoms. The molecule has 0 bridgehead atoms. The Morgan fingerprint density at radius 1 is 0.797 bits per heavy atom. The second-order valence-corrected chi connectivity index (χ2v) is 26.5. The third kappa shape index (κ3) is 19.3. The highest BCUT2D eigenvalue weighted by molar-refractivity contribution is 5.94. The lowest BCUT2D eigenvalue weighted by molar-refractivity contribution is -0.138. The molecule has 2 aliphatic heterocycles. The van der Waals surface area contributed by atoms with Gasteiger partial charge in [0.15, 0.2) is 0 Å². The highest BCUT2D eigenvalue weighted by Crippen LogP contribution is 2.59. The quantitative estimate of drug-likeness (QED) is 0.0410. The molecule has 7 amide bonds. The Balaban J connectivity index is 1.12. The standard InChI is InChI=1S/C60H97N7O12/c1-36(2)20-25-46-59(13,79-46)50-49(76-14)45(26-27-60(50)35-77-60)78-55(75)65-41-23-21-40(22-24-41)64-47(69)32-62-52(72)43(28-37(3)4)67-53(73)44(29-39-18-16-15-17-19-39)66-48(70)33-61-51(71)42(57(9,10)11)30-58(12,34-56(6,7)8)54(74)63-31-38(5)68/h15-20,37-38,40-46,49-50,68H,21-35H2,1-14H3,(H,61,71)(H,62,72)(H,63,74)(H,64,69)(H,65,75)(H,66,70)(H,67,73)/t38?,40?,41?,42?,43-,44-,45?,46+,49?,50?,58?,59-,60-/m0/s1. The molecule has 79 heavy (non-hydrogen) atoms. The van der Waals surface area contributed by atoms with Gasteiger partial charge < -0.3 is 61.3 Å². The number of epoxide rings is 2. The maximum atomic E-state index is 14.2. The van der Waals surface area contributed by atoms with Crippen LogP contribution >= 0.6 is 0 Å². The van der Waals surface area contributed by atoms with Gasteiger partial charge in [0.25, 0.3) is 0 Å². The Hall–Kier alpha value is -5.11. The van der Waals surface area contributed by atoms with Crippen LogP contribution in [-0.4, -0.2) is 140 Å². The van der Waals surface area contributed by atoms with E-state index >= 15 is 0 Å². The van der Waals surface area contributed by atoms with Gasteiger partial charge in [0.1, 0.15) is 35.5 Å². The van der Waals surface area contributed by atoms with Gasteiger partial charge in [0, 0.05) is 43.5 Å². The predicted octanol–water partition coefficient (Wildman–Crippen LogP) is 5.70. The summed E-state index contributed by atoms with van der Waals surface area (Å²) in [4.78, 5) is 96.0. The number of ether oxygens (including phenoxy) is 4. The van der Waals surface area contributed by atoms with E-state index < -0.39 is 94.9 Å². The minimum absolute atomic E-state index is 0.0368. The number of carbonyl (C=O) groups excluding carboxylic acids is 7. The summed E-state index contributed by atoms with van der Waals surface area (Å²) in [5.74, 6) is -3.73. The molecule has 2 saturated heterocycles. The summed E-state index contributed by atoms with van der Waals surface area (Å²) < 4.78 is 24.5. The minimum atomic E-state index is -1.14. The van der Waals surface area contributed by atoms with Crippen molar-refractivity contribution < 1.29 is 57.6 Å². The first-order chi connectivity index (χ1) is 36.9. The van der Waals surface area contributed by atoms with Crippen LogP contribution in [0.4, 0.5) is 4.79 Å². The Kier molecular flexibility index (Phi) is 22.6. The Morgan fingerprint density at radius 2 is 1.41 bits per heavy atom. The molecule has 1 spiro atoms. The zero-order valence-corrected chi connectivity index (χ0v) is 49.9. The summed E-state index contributed by atoms with van der Waals surface area (Å²) in [6.07, 6.45) is 5.64. The lowest BCUT2D eigenvalue weighted by atomic mass is 9.65. The number of rotatable bonds is 26. The summed E-state index contributed by atoms with van der Waals surface area (Å²) in [6, 6.07) is 6.58. The van der Waals surface area contributed by atoms with Crippen molar-refractivity contribution in [2.45, 2.75) is 220 Å². The average molecular weight is 1110 g/mol. The van der Waals surface area contributed by atoms with E-state index in [9.17, 15) is 38.7 Å². The molecule has 4 aliphatic rings. The fourth-order valence-corrected chi connectivity index (χ4v) is 12.0. The number of alkyl carbamates (subject to hydrolysis) is 1. The van der Waals surface area contributed by atoms with Gasteiger partial charge in [-0.25, -0.2) is 4.79 Å². The molecule has 8 N–H and O–H groups in total. The lowest BCUT2D eigenvalue weighted by Gasteiger charge is -2.42. The average Bonchev–Trinajstić information content (AvgIpc) is 4.26. The Bertz CT molecular complexity index is 2280. The van der Waals surface area contributed by atoms with Crippen LogP contribution in [0.15, 0.2) is 42.0 Å². The first kappa shape index (κ1) is 64.7. The van der Waals surface area contributed by atoms with E-state index in [-0.39, 0.29) is 79.3 Å². The van der Waals surface area contributed by atoms with E-state index in [0.717, 1.165) is 18.4 Å². The summed E-state index contributed by atoms with van der Waals surface area (Å²) >= 11 is 0. The topological polar surface area (TPSA) is 267 Å². The van der Waals surface area contributed by atoms with E-state index in [4.69, 9.17) is 18.9 Å².